The van der Waals surface area contributed by atoms with E-state index < -0.39 is 6.17 Å². The quantitative estimate of drug-likeness (QED) is 0.576. The van der Waals surface area contributed by atoms with Crippen molar-refractivity contribution in [1.29, 1.82) is 0 Å². The van der Waals surface area contributed by atoms with Crippen LogP contribution in [0.15, 0.2) is 0 Å². The summed E-state index contributed by atoms with van der Waals surface area (Å²) in [5.74, 6) is 1.13. The Morgan fingerprint density at radius 1 is 1.03 bits per heavy atom. The topological polar surface area (TPSA) is 68.9 Å². The minimum atomic E-state index is -0.580. The van der Waals surface area contributed by atoms with Crippen LogP contribution < -0.4 is 16.2 Å². The molecule has 8 heteroatoms. The van der Waals surface area contributed by atoms with Gasteiger partial charge in [-0.1, -0.05) is 0 Å². The summed E-state index contributed by atoms with van der Waals surface area (Å²) in [5, 5.41) is 3.55. The van der Waals surface area contributed by atoms with Crippen LogP contribution in [0.1, 0.15) is 38.5 Å². The molecule has 4 unspecified atom stereocenters. The van der Waals surface area contributed by atoms with Crippen LogP contribution in [0.3, 0.4) is 0 Å². The third-order valence-corrected chi connectivity index (χ3v) is 7.61. The van der Waals surface area contributed by atoms with E-state index >= 15 is 0 Å². The fraction of sp³-hybridized carbons (Fsp3) is 0.952. The number of hydrogen-bond donors (Lipinski definition) is 3. The van der Waals surface area contributed by atoms with Gasteiger partial charge in [-0.25, -0.2) is 4.39 Å². The molecule has 0 amide bonds. The van der Waals surface area contributed by atoms with Gasteiger partial charge in [0, 0.05) is 57.8 Å². The summed E-state index contributed by atoms with van der Waals surface area (Å²) in [5.41, 5.74) is 6.87. The summed E-state index contributed by atoms with van der Waals surface area (Å²) in [4.78, 5) is 16.8. The lowest BCUT2D eigenvalue weighted by Crippen LogP contribution is -2.58. The van der Waals surface area contributed by atoms with Crippen molar-refractivity contribution in [1.82, 2.24) is 26.0 Å². The molecule has 7 nitrogen and oxygen atoms in total. The van der Waals surface area contributed by atoms with E-state index in [9.17, 15) is 9.18 Å². The summed E-state index contributed by atoms with van der Waals surface area (Å²) in [6.45, 7) is 7.20. The summed E-state index contributed by atoms with van der Waals surface area (Å²) in [7, 11) is 1.47. The van der Waals surface area contributed by atoms with Gasteiger partial charge < -0.3 is 15.0 Å². The molecule has 0 aromatic carbocycles. The van der Waals surface area contributed by atoms with E-state index in [2.05, 4.69) is 26.0 Å². The van der Waals surface area contributed by atoms with Gasteiger partial charge in [-0.15, -0.1) is 0 Å². The van der Waals surface area contributed by atoms with E-state index in [1.165, 1.54) is 7.11 Å². The molecule has 29 heavy (non-hydrogen) atoms. The Balaban J connectivity index is 1.19. The predicted octanol–water partition coefficient (Wildman–Crippen LogP) is 0.724. The lowest BCUT2D eigenvalue weighted by atomic mass is 9.79. The van der Waals surface area contributed by atoms with Crippen LogP contribution in [0.2, 0.25) is 0 Å². The normalized spacial score (nSPS) is 40.1. The smallest absolute Gasteiger partial charge is 0.309 e. The molecule has 0 aromatic heterocycles. The van der Waals surface area contributed by atoms with E-state index in [4.69, 9.17) is 4.74 Å². The van der Waals surface area contributed by atoms with Gasteiger partial charge in [-0.05, 0) is 44.4 Å². The molecule has 1 saturated carbocycles. The second kappa shape index (κ2) is 10.0. The number of hydrazine groups is 1. The third kappa shape index (κ3) is 5.28. The number of ether oxygens (including phenoxy) is 1. The fourth-order valence-electron chi connectivity index (χ4n) is 5.78. The zero-order valence-electron chi connectivity index (χ0n) is 17.7. The maximum atomic E-state index is 13.5. The van der Waals surface area contributed by atoms with E-state index in [1.807, 2.05) is 0 Å². The van der Waals surface area contributed by atoms with E-state index in [0.29, 0.717) is 24.0 Å². The number of hydrogen-bond acceptors (Lipinski definition) is 7. The maximum absolute atomic E-state index is 13.5. The van der Waals surface area contributed by atoms with Crippen molar-refractivity contribution < 1.29 is 13.9 Å². The molecule has 3 aliphatic heterocycles. The molecule has 0 spiro atoms. The molecule has 166 valence electrons. The first-order valence-corrected chi connectivity index (χ1v) is 11.5. The standard InChI is InChI=1S/C21H38FN5O2/c1-29-21(28)16-4-7-19(23-12-16)27-10-8-26(9-11-27)14-17-13-24-25-20(17)15-2-5-18(22)6-3-15/h15-20,23-25H,2-14H2,1H3. The Hall–Kier alpha value is -0.800. The number of nitrogens with one attached hydrogen (secondary N) is 3. The highest BCUT2D eigenvalue weighted by molar-refractivity contribution is 5.72. The van der Waals surface area contributed by atoms with E-state index in [0.717, 1.165) is 84.3 Å². The Kier molecular flexibility index (Phi) is 7.39. The number of carbonyl (C=O) groups is 1. The third-order valence-electron chi connectivity index (χ3n) is 7.61. The Morgan fingerprint density at radius 2 is 1.79 bits per heavy atom. The van der Waals surface area contributed by atoms with Gasteiger partial charge in [-0.3, -0.25) is 20.5 Å². The minimum absolute atomic E-state index is 0.00398. The monoisotopic (exact) mass is 411 g/mol. The van der Waals surface area contributed by atoms with Crippen molar-refractivity contribution in [2.24, 2.45) is 17.8 Å². The maximum Gasteiger partial charge on any atom is 0.309 e. The summed E-state index contributed by atoms with van der Waals surface area (Å²) in [6.07, 6.45) is 5.23. The summed E-state index contributed by atoms with van der Waals surface area (Å²) in [6, 6.07) is 0.482. The molecule has 4 atom stereocenters. The number of nitrogens with zero attached hydrogens (tertiary/aromatic N) is 2. The Bertz CT molecular complexity index is 529. The average molecular weight is 412 g/mol. The molecular weight excluding hydrogens is 373 g/mol. The molecule has 4 rings (SSSR count). The van der Waals surface area contributed by atoms with Gasteiger partial charge in [0.1, 0.15) is 6.17 Å². The van der Waals surface area contributed by atoms with Crippen molar-refractivity contribution in [2.75, 3.05) is 52.9 Å². The minimum Gasteiger partial charge on any atom is -0.469 e. The Labute approximate surface area is 174 Å². The average Bonchev–Trinajstić information content (AvgIpc) is 3.22. The van der Waals surface area contributed by atoms with Crippen LogP contribution in [0.5, 0.6) is 0 Å². The molecule has 0 aromatic rings. The van der Waals surface area contributed by atoms with Gasteiger partial charge in [0.15, 0.2) is 0 Å². The van der Waals surface area contributed by atoms with Gasteiger partial charge in [0.2, 0.25) is 0 Å². The van der Waals surface area contributed by atoms with E-state index in [-0.39, 0.29) is 11.9 Å². The predicted molar refractivity (Wildman–Crippen MR) is 110 cm³/mol. The number of piperazine rings is 1. The Morgan fingerprint density at radius 3 is 2.45 bits per heavy atom. The number of halogens is 1. The molecule has 3 N–H and O–H groups in total. The number of esters is 1. The van der Waals surface area contributed by atoms with Crippen LogP contribution >= 0.6 is 0 Å². The molecule has 1 aliphatic carbocycles. The number of methoxy groups -OCH3 is 1. The molecule has 0 radical (unpaired) electrons. The van der Waals surface area contributed by atoms with E-state index in [1.54, 1.807) is 0 Å². The molecule has 0 bridgehead atoms. The zero-order valence-corrected chi connectivity index (χ0v) is 17.7. The first kappa shape index (κ1) is 21.4. The van der Waals surface area contributed by atoms with Crippen molar-refractivity contribution >= 4 is 5.97 Å². The summed E-state index contributed by atoms with van der Waals surface area (Å²) < 4.78 is 18.4. The molecular formula is C21H38FN5O2. The molecule has 3 saturated heterocycles. The number of carbonyl (C=O) groups excluding carboxylic acids is 1. The second-order valence-electron chi connectivity index (χ2n) is 9.38. The van der Waals surface area contributed by atoms with Gasteiger partial charge in [0.05, 0.1) is 19.2 Å². The summed E-state index contributed by atoms with van der Waals surface area (Å²) >= 11 is 0. The van der Waals surface area contributed by atoms with Gasteiger partial charge in [0.25, 0.3) is 0 Å². The number of alkyl halides is 1. The number of piperidine rings is 1. The van der Waals surface area contributed by atoms with Crippen molar-refractivity contribution in [3.63, 3.8) is 0 Å². The zero-order chi connectivity index (χ0) is 20.2. The highest BCUT2D eigenvalue weighted by atomic mass is 19.1. The van der Waals surface area contributed by atoms with Crippen LogP contribution in [-0.2, 0) is 9.53 Å². The van der Waals surface area contributed by atoms with Crippen molar-refractivity contribution in [2.45, 2.75) is 56.9 Å². The van der Waals surface area contributed by atoms with Crippen LogP contribution in [-0.4, -0.2) is 87.1 Å². The van der Waals surface area contributed by atoms with Crippen LogP contribution in [0.25, 0.3) is 0 Å². The van der Waals surface area contributed by atoms with Crippen molar-refractivity contribution in [3.8, 4) is 0 Å². The highest BCUT2D eigenvalue weighted by Gasteiger charge is 2.37. The van der Waals surface area contributed by atoms with Gasteiger partial charge in [-0.2, -0.15) is 0 Å². The van der Waals surface area contributed by atoms with Crippen LogP contribution in [0.4, 0.5) is 4.39 Å². The lowest BCUT2D eigenvalue weighted by Gasteiger charge is -2.43. The first-order valence-electron chi connectivity index (χ1n) is 11.5. The van der Waals surface area contributed by atoms with Crippen molar-refractivity contribution in [3.05, 3.63) is 0 Å². The highest BCUT2D eigenvalue weighted by Crippen LogP contribution is 2.32. The molecule has 4 fully saturated rings. The SMILES string of the molecule is COC(=O)C1CCC(N2CCN(CC3CNNC3C3CCC(F)CC3)CC2)NC1. The molecule has 3 heterocycles. The lowest BCUT2D eigenvalue weighted by molar-refractivity contribution is -0.146. The second-order valence-corrected chi connectivity index (χ2v) is 9.38. The fourth-order valence-corrected chi connectivity index (χ4v) is 5.78. The number of rotatable bonds is 5. The van der Waals surface area contributed by atoms with Crippen LogP contribution in [0, 0.1) is 17.8 Å². The molecule has 4 aliphatic rings. The largest absolute Gasteiger partial charge is 0.469 e. The first-order chi connectivity index (χ1) is 14.1. The van der Waals surface area contributed by atoms with Gasteiger partial charge >= 0.3 is 5.97 Å².